The third kappa shape index (κ3) is 4.12. The van der Waals surface area contributed by atoms with Gasteiger partial charge in [0, 0.05) is 18.6 Å². The number of hydrogen-bond donors (Lipinski definition) is 1. The molecule has 2 unspecified atom stereocenters. The summed E-state index contributed by atoms with van der Waals surface area (Å²) >= 11 is 0. The van der Waals surface area contributed by atoms with Gasteiger partial charge in [0.25, 0.3) is 0 Å². The minimum atomic E-state index is 0.687. The van der Waals surface area contributed by atoms with Gasteiger partial charge in [-0.15, -0.1) is 0 Å². The zero-order valence-corrected chi connectivity index (χ0v) is 10.9. The Bertz CT molecular complexity index is 168. The first kappa shape index (κ1) is 13.0. The summed E-state index contributed by atoms with van der Waals surface area (Å²) in [5.41, 5.74) is 0. The summed E-state index contributed by atoms with van der Waals surface area (Å²) in [5.74, 6) is 0.749. The molecule has 0 radical (unpaired) electrons. The van der Waals surface area contributed by atoms with E-state index in [-0.39, 0.29) is 0 Å². The Morgan fingerprint density at radius 3 is 2.67 bits per heavy atom. The average molecular weight is 212 g/mol. The summed E-state index contributed by atoms with van der Waals surface area (Å²) in [5, 5.41) is 3.67. The maximum absolute atomic E-state index is 3.67. The third-order valence-corrected chi connectivity index (χ3v) is 3.59. The van der Waals surface area contributed by atoms with Crippen molar-refractivity contribution in [3.05, 3.63) is 0 Å². The Morgan fingerprint density at radius 2 is 2.07 bits per heavy atom. The van der Waals surface area contributed by atoms with E-state index in [9.17, 15) is 0 Å². The maximum atomic E-state index is 3.67. The molecule has 1 rings (SSSR count). The normalized spacial score (nSPS) is 26.6. The molecule has 1 aliphatic heterocycles. The van der Waals surface area contributed by atoms with Crippen LogP contribution in [0.25, 0.3) is 0 Å². The van der Waals surface area contributed by atoms with Gasteiger partial charge >= 0.3 is 0 Å². The van der Waals surface area contributed by atoms with Crippen molar-refractivity contribution in [3.63, 3.8) is 0 Å². The van der Waals surface area contributed by atoms with Crippen molar-refractivity contribution in [3.8, 4) is 0 Å². The van der Waals surface area contributed by atoms with Crippen molar-refractivity contribution in [1.29, 1.82) is 0 Å². The summed E-state index contributed by atoms with van der Waals surface area (Å²) in [4.78, 5) is 2.67. The minimum absolute atomic E-state index is 0.687. The van der Waals surface area contributed by atoms with Crippen molar-refractivity contribution in [2.24, 2.45) is 5.92 Å². The largest absolute Gasteiger partial charge is 0.312 e. The molecule has 2 atom stereocenters. The molecule has 0 aromatic heterocycles. The van der Waals surface area contributed by atoms with Gasteiger partial charge in [-0.25, -0.2) is 0 Å². The minimum Gasteiger partial charge on any atom is -0.312 e. The standard InChI is InChI=1S/C13H28N2/c1-5-7-12(4)15-9-6-8-14-13(10-15)11(2)3/h11-14H,5-10H2,1-4H3. The van der Waals surface area contributed by atoms with Gasteiger partial charge in [-0.1, -0.05) is 27.2 Å². The molecule has 0 spiro atoms. The van der Waals surface area contributed by atoms with E-state index < -0.39 is 0 Å². The Kier molecular flexibility index (Phi) is 5.62. The fourth-order valence-electron chi connectivity index (χ4n) is 2.43. The lowest BCUT2D eigenvalue weighted by Crippen LogP contribution is -2.44. The lowest BCUT2D eigenvalue weighted by atomic mass is 10.0. The van der Waals surface area contributed by atoms with Crippen LogP contribution in [0.15, 0.2) is 0 Å². The Labute approximate surface area is 95.4 Å². The van der Waals surface area contributed by atoms with Crippen molar-refractivity contribution < 1.29 is 0 Å². The number of hydrogen-bond acceptors (Lipinski definition) is 2. The van der Waals surface area contributed by atoms with E-state index >= 15 is 0 Å². The van der Waals surface area contributed by atoms with Crippen LogP contribution in [-0.2, 0) is 0 Å². The van der Waals surface area contributed by atoms with Gasteiger partial charge in [0.15, 0.2) is 0 Å². The molecule has 0 aliphatic carbocycles. The predicted octanol–water partition coefficient (Wildman–Crippen LogP) is 2.49. The number of nitrogens with zero attached hydrogens (tertiary/aromatic N) is 1. The van der Waals surface area contributed by atoms with Crippen LogP contribution in [-0.4, -0.2) is 36.6 Å². The molecule has 0 bridgehead atoms. The van der Waals surface area contributed by atoms with Gasteiger partial charge in [-0.2, -0.15) is 0 Å². The molecular formula is C13H28N2. The first-order chi connectivity index (χ1) is 7.15. The average Bonchev–Trinajstić information content (AvgIpc) is 2.43. The molecule has 15 heavy (non-hydrogen) atoms. The van der Waals surface area contributed by atoms with Crippen LogP contribution >= 0.6 is 0 Å². The Morgan fingerprint density at radius 1 is 1.33 bits per heavy atom. The molecule has 0 saturated carbocycles. The molecule has 1 aliphatic rings. The van der Waals surface area contributed by atoms with Gasteiger partial charge < -0.3 is 5.32 Å². The van der Waals surface area contributed by atoms with Crippen LogP contribution in [0, 0.1) is 5.92 Å². The molecule has 2 nitrogen and oxygen atoms in total. The van der Waals surface area contributed by atoms with Crippen molar-refractivity contribution in [2.45, 2.75) is 59.0 Å². The molecule has 90 valence electrons. The van der Waals surface area contributed by atoms with Crippen LogP contribution in [0.5, 0.6) is 0 Å². The van der Waals surface area contributed by atoms with Crippen molar-refractivity contribution >= 4 is 0 Å². The van der Waals surface area contributed by atoms with Crippen LogP contribution in [0.2, 0.25) is 0 Å². The molecular weight excluding hydrogens is 184 g/mol. The molecule has 0 amide bonds. The highest BCUT2D eigenvalue weighted by Gasteiger charge is 2.22. The van der Waals surface area contributed by atoms with Gasteiger partial charge in [0.1, 0.15) is 0 Å². The van der Waals surface area contributed by atoms with E-state index in [4.69, 9.17) is 0 Å². The van der Waals surface area contributed by atoms with Crippen molar-refractivity contribution in [2.75, 3.05) is 19.6 Å². The van der Waals surface area contributed by atoms with Crippen LogP contribution in [0.4, 0.5) is 0 Å². The van der Waals surface area contributed by atoms with Crippen molar-refractivity contribution in [1.82, 2.24) is 10.2 Å². The monoisotopic (exact) mass is 212 g/mol. The second-order valence-electron chi connectivity index (χ2n) is 5.29. The van der Waals surface area contributed by atoms with Crippen LogP contribution < -0.4 is 5.32 Å². The topological polar surface area (TPSA) is 15.3 Å². The Hall–Kier alpha value is -0.0800. The third-order valence-electron chi connectivity index (χ3n) is 3.59. The molecule has 2 heteroatoms. The zero-order valence-electron chi connectivity index (χ0n) is 10.9. The van der Waals surface area contributed by atoms with E-state index in [1.807, 2.05) is 0 Å². The van der Waals surface area contributed by atoms with E-state index in [0.717, 1.165) is 12.0 Å². The molecule has 0 aromatic rings. The first-order valence-electron chi connectivity index (χ1n) is 6.62. The lowest BCUT2D eigenvalue weighted by molar-refractivity contribution is 0.183. The van der Waals surface area contributed by atoms with Crippen LogP contribution in [0.1, 0.15) is 47.0 Å². The molecule has 0 aromatic carbocycles. The summed E-state index contributed by atoms with van der Waals surface area (Å²) in [6.45, 7) is 13.0. The lowest BCUT2D eigenvalue weighted by Gasteiger charge is -2.31. The fourth-order valence-corrected chi connectivity index (χ4v) is 2.43. The van der Waals surface area contributed by atoms with Crippen LogP contribution in [0.3, 0.4) is 0 Å². The van der Waals surface area contributed by atoms with Gasteiger partial charge in [0.05, 0.1) is 0 Å². The van der Waals surface area contributed by atoms with E-state index in [2.05, 4.69) is 37.9 Å². The fraction of sp³-hybridized carbons (Fsp3) is 1.00. The second kappa shape index (κ2) is 6.49. The van der Waals surface area contributed by atoms with E-state index in [1.165, 1.54) is 38.9 Å². The summed E-state index contributed by atoms with van der Waals surface area (Å²) in [7, 11) is 0. The highest BCUT2D eigenvalue weighted by Crippen LogP contribution is 2.13. The second-order valence-corrected chi connectivity index (χ2v) is 5.29. The molecule has 1 saturated heterocycles. The van der Waals surface area contributed by atoms with Gasteiger partial charge in [-0.05, 0) is 38.8 Å². The van der Waals surface area contributed by atoms with Gasteiger partial charge in [0.2, 0.25) is 0 Å². The predicted molar refractivity (Wildman–Crippen MR) is 67.2 cm³/mol. The maximum Gasteiger partial charge on any atom is 0.0218 e. The van der Waals surface area contributed by atoms with E-state index in [0.29, 0.717) is 6.04 Å². The smallest absolute Gasteiger partial charge is 0.0218 e. The zero-order chi connectivity index (χ0) is 11.3. The molecule has 1 fully saturated rings. The molecule has 1 heterocycles. The van der Waals surface area contributed by atoms with Gasteiger partial charge in [-0.3, -0.25) is 4.90 Å². The summed E-state index contributed by atoms with van der Waals surface area (Å²) in [6.07, 6.45) is 3.94. The molecule has 1 N–H and O–H groups in total. The number of rotatable bonds is 4. The summed E-state index contributed by atoms with van der Waals surface area (Å²) < 4.78 is 0. The first-order valence-corrected chi connectivity index (χ1v) is 6.62. The number of nitrogens with one attached hydrogen (secondary N) is 1. The Balaban J connectivity index is 2.48. The SMILES string of the molecule is CCCC(C)N1CCCNC(C(C)C)C1. The van der Waals surface area contributed by atoms with E-state index in [1.54, 1.807) is 0 Å². The quantitative estimate of drug-likeness (QED) is 0.770. The summed E-state index contributed by atoms with van der Waals surface area (Å²) in [6, 6.07) is 1.45. The highest BCUT2D eigenvalue weighted by atomic mass is 15.2. The highest BCUT2D eigenvalue weighted by molar-refractivity contribution is 4.81.